The molecule has 3 rings (SSSR count). The molecule has 1 aromatic heterocycles. The molecule has 0 aliphatic rings. The van der Waals surface area contributed by atoms with Crippen LogP contribution in [0.15, 0.2) is 59.1 Å². The topological polar surface area (TPSA) is 46.3 Å². The van der Waals surface area contributed by atoms with E-state index in [4.69, 9.17) is 4.42 Å². The van der Waals surface area contributed by atoms with E-state index in [1.54, 1.807) is 11.9 Å². The standard InChI is InChI=1S/C19H16F2N2O2/c1-23(14-5-3-2-4-6-14)19(24)10-9-18-22-12-17(25-18)15-8-7-13(20)11-16(15)21/h2-8,11-12H,9-10H2,1H3. The molecule has 0 aliphatic heterocycles. The highest BCUT2D eigenvalue weighted by atomic mass is 19.1. The van der Waals surface area contributed by atoms with Crippen molar-refractivity contribution in [3.8, 4) is 11.3 Å². The minimum atomic E-state index is -0.720. The van der Waals surface area contributed by atoms with Gasteiger partial charge in [-0.25, -0.2) is 13.8 Å². The molecule has 1 amide bonds. The van der Waals surface area contributed by atoms with E-state index in [9.17, 15) is 13.6 Å². The van der Waals surface area contributed by atoms with Crippen molar-refractivity contribution in [2.24, 2.45) is 0 Å². The summed E-state index contributed by atoms with van der Waals surface area (Å²) in [5.74, 6) is -0.929. The molecule has 6 heteroatoms. The van der Waals surface area contributed by atoms with Crippen LogP contribution < -0.4 is 4.90 Å². The highest BCUT2D eigenvalue weighted by Crippen LogP contribution is 2.24. The van der Waals surface area contributed by atoms with Crippen LogP contribution in [0.3, 0.4) is 0 Å². The van der Waals surface area contributed by atoms with Gasteiger partial charge in [0.15, 0.2) is 11.7 Å². The molecule has 0 aliphatic carbocycles. The highest BCUT2D eigenvalue weighted by Gasteiger charge is 2.15. The predicted octanol–water partition coefficient (Wildman–Crippen LogP) is 4.22. The SMILES string of the molecule is CN(C(=O)CCc1ncc(-c2ccc(F)cc2F)o1)c1ccccc1. The molecule has 128 valence electrons. The lowest BCUT2D eigenvalue weighted by molar-refractivity contribution is -0.118. The fourth-order valence-electron chi connectivity index (χ4n) is 2.42. The zero-order valence-electron chi connectivity index (χ0n) is 13.6. The Morgan fingerprint density at radius 1 is 1.16 bits per heavy atom. The van der Waals surface area contributed by atoms with E-state index in [1.807, 2.05) is 30.3 Å². The average molecular weight is 342 g/mol. The number of para-hydroxylation sites is 1. The van der Waals surface area contributed by atoms with Crippen molar-refractivity contribution in [1.29, 1.82) is 0 Å². The van der Waals surface area contributed by atoms with Gasteiger partial charge in [0.1, 0.15) is 11.6 Å². The Hall–Kier alpha value is -3.02. The van der Waals surface area contributed by atoms with Gasteiger partial charge >= 0.3 is 0 Å². The summed E-state index contributed by atoms with van der Waals surface area (Å²) in [6, 6.07) is 12.5. The Kier molecular flexibility index (Phi) is 4.88. The Bertz CT molecular complexity index is 878. The molecule has 0 unspecified atom stereocenters. The Balaban J connectivity index is 1.65. The monoisotopic (exact) mass is 342 g/mol. The van der Waals surface area contributed by atoms with Crippen LogP contribution >= 0.6 is 0 Å². The summed E-state index contributed by atoms with van der Waals surface area (Å²) in [5.41, 5.74) is 0.932. The summed E-state index contributed by atoms with van der Waals surface area (Å²) in [6.07, 6.45) is 1.87. The van der Waals surface area contributed by atoms with Crippen molar-refractivity contribution in [1.82, 2.24) is 4.98 Å². The van der Waals surface area contributed by atoms with Crippen LogP contribution in [-0.2, 0) is 11.2 Å². The van der Waals surface area contributed by atoms with Gasteiger partial charge in [0, 0.05) is 31.6 Å². The zero-order chi connectivity index (χ0) is 17.8. The fraction of sp³-hybridized carbons (Fsp3) is 0.158. The minimum absolute atomic E-state index is 0.0843. The Labute approximate surface area is 143 Å². The minimum Gasteiger partial charge on any atom is -0.441 e. The van der Waals surface area contributed by atoms with Crippen molar-refractivity contribution >= 4 is 11.6 Å². The third-order valence-electron chi connectivity index (χ3n) is 3.82. The summed E-state index contributed by atoms with van der Waals surface area (Å²) in [7, 11) is 1.70. The number of amides is 1. The number of carbonyl (C=O) groups excluding carboxylic acids is 1. The van der Waals surface area contributed by atoms with Gasteiger partial charge in [-0.15, -0.1) is 0 Å². The number of benzene rings is 2. The van der Waals surface area contributed by atoms with Crippen LogP contribution in [0.25, 0.3) is 11.3 Å². The molecule has 2 aromatic carbocycles. The van der Waals surface area contributed by atoms with Gasteiger partial charge in [0.05, 0.1) is 11.8 Å². The first kappa shape index (κ1) is 16.8. The number of carbonyl (C=O) groups is 1. The van der Waals surface area contributed by atoms with E-state index in [2.05, 4.69) is 4.98 Å². The molecular formula is C19H16F2N2O2. The fourth-order valence-corrected chi connectivity index (χ4v) is 2.42. The lowest BCUT2D eigenvalue weighted by Gasteiger charge is -2.16. The molecular weight excluding hydrogens is 326 g/mol. The van der Waals surface area contributed by atoms with Gasteiger partial charge in [-0.3, -0.25) is 4.79 Å². The van der Waals surface area contributed by atoms with Crippen LogP contribution in [0.2, 0.25) is 0 Å². The van der Waals surface area contributed by atoms with Crippen molar-refractivity contribution < 1.29 is 18.0 Å². The Morgan fingerprint density at radius 2 is 1.92 bits per heavy atom. The second-order valence-electron chi connectivity index (χ2n) is 5.53. The number of aromatic nitrogens is 1. The van der Waals surface area contributed by atoms with Gasteiger partial charge < -0.3 is 9.32 Å². The second kappa shape index (κ2) is 7.25. The van der Waals surface area contributed by atoms with Crippen LogP contribution in [-0.4, -0.2) is 17.9 Å². The summed E-state index contributed by atoms with van der Waals surface area (Å²) >= 11 is 0. The maximum absolute atomic E-state index is 13.8. The van der Waals surface area contributed by atoms with Crippen molar-refractivity contribution in [3.05, 3.63) is 72.3 Å². The molecule has 4 nitrogen and oxygen atoms in total. The molecule has 0 fully saturated rings. The molecule has 0 atom stereocenters. The third kappa shape index (κ3) is 3.91. The number of rotatable bonds is 5. The van der Waals surface area contributed by atoms with Gasteiger partial charge in [-0.1, -0.05) is 18.2 Å². The van der Waals surface area contributed by atoms with Crippen LogP contribution in [0.4, 0.5) is 14.5 Å². The molecule has 0 bridgehead atoms. The highest BCUT2D eigenvalue weighted by molar-refractivity contribution is 5.92. The van der Waals surface area contributed by atoms with Crippen molar-refractivity contribution in [2.45, 2.75) is 12.8 Å². The maximum Gasteiger partial charge on any atom is 0.227 e. The lowest BCUT2D eigenvalue weighted by atomic mass is 10.2. The first-order valence-corrected chi connectivity index (χ1v) is 7.76. The molecule has 1 heterocycles. The normalized spacial score (nSPS) is 10.7. The first-order valence-electron chi connectivity index (χ1n) is 7.76. The number of halogens is 2. The quantitative estimate of drug-likeness (QED) is 0.697. The van der Waals surface area contributed by atoms with Crippen molar-refractivity contribution in [3.63, 3.8) is 0 Å². The zero-order valence-corrected chi connectivity index (χ0v) is 13.6. The number of hydrogen-bond acceptors (Lipinski definition) is 3. The summed E-state index contributed by atoms with van der Waals surface area (Å²) in [6.45, 7) is 0. The van der Waals surface area contributed by atoms with E-state index in [-0.39, 0.29) is 23.7 Å². The van der Waals surface area contributed by atoms with Crippen LogP contribution in [0, 0.1) is 11.6 Å². The van der Waals surface area contributed by atoms with E-state index in [0.29, 0.717) is 12.3 Å². The summed E-state index contributed by atoms with van der Waals surface area (Å²) < 4.78 is 32.2. The van der Waals surface area contributed by atoms with E-state index < -0.39 is 11.6 Å². The summed E-state index contributed by atoms with van der Waals surface area (Å²) in [4.78, 5) is 17.9. The first-order chi connectivity index (χ1) is 12.0. The third-order valence-corrected chi connectivity index (χ3v) is 3.82. The molecule has 0 saturated carbocycles. The van der Waals surface area contributed by atoms with Crippen LogP contribution in [0.1, 0.15) is 12.3 Å². The maximum atomic E-state index is 13.8. The van der Waals surface area contributed by atoms with E-state index >= 15 is 0 Å². The molecule has 0 saturated heterocycles. The summed E-state index contributed by atoms with van der Waals surface area (Å²) in [5, 5.41) is 0. The van der Waals surface area contributed by atoms with Gasteiger partial charge in [-0.2, -0.15) is 0 Å². The predicted molar refractivity (Wildman–Crippen MR) is 90.0 cm³/mol. The largest absolute Gasteiger partial charge is 0.441 e. The number of anilines is 1. The number of hydrogen-bond donors (Lipinski definition) is 0. The molecule has 0 radical (unpaired) electrons. The van der Waals surface area contributed by atoms with Gasteiger partial charge in [-0.05, 0) is 24.3 Å². The molecule has 25 heavy (non-hydrogen) atoms. The molecule has 0 spiro atoms. The number of oxazole rings is 1. The van der Waals surface area contributed by atoms with Gasteiger partial charge in [0.2, 0.25) is 5.91 Å². The Morgan fingerprint density at radius 3 is 2.64 bits per heavy atom. The number of aryl methyl sites for hydroxylation is 1. The van der Waals surface area contributed by atoms with E-state index in [0.717, 1.165) is 17.8 Å². The smallest absolute Gasteiger partial charge is 0.227 e. The van der Waals surface area contributed by atoms with Gasteiger partial charge in [0.25, 0.3) is 0 Å². The number of nitrogens with zero attached hydrogens (tertiary/aromatic N) is 2. The molecule has 3 aromatic rings. The second-order valence-corrected chi connectivity index (χ2v) is 5.53. The van der Waals surface area contributed by atoms with E-state index in [1.165, 1.54) is 12.3 Å². The van der Waals surface area contributed by atoms with Crippen LogP contribution in [0.5, 0.6) is 0 Å². The van der Waals surface area contributed by atoms with Crippen molar-refractivity contribution in [2.75, 3.05) is 11.9 Å². The molecule has 0 N–H and O–H groups in total. The lowest BCUT2D eigenvalue weighted by Crippen LogP contribution is -2.26. The average Bonchev–Trinajstić information content (AvgIpc) is 3.08.